The zero-order chi connectivity index (χ0) is 21.6. The Bertz CT molecular complexity index is 1040. The van der Waals surface area contributed by atoms with Gasteiger partial charge in [-0.05, 0) is 44.5 Å². The van der Waals surface area contributed by atoms with E-state index in [-0.39, 0.29) is 22.9 Å². The van der Waals surface area contributed by atoms with Crippen LogP contribution in [0, 0.1) is 12.7 Å². The lowest BCUT2D eigenvalue weighted by Crippen LogP contribution is -2.47. The predicted octanol–water partition coefficient (Wildman–Crippen LogP) is 4.18. The molecule has 5 nitrogen and oxygen atoms in total. The minimum absolute atomic E-state index is 0.0854. The Kier molecular flexibility index (Phi) is 5.38. The average Bonchev–Trinajstić information content (AvgIpc) is 2.94. The third-order valence-electron chi connectivity index (χ3n) is 5.30. The number of aryl methyl sites for hydroxylation is 1. The lowest BCUT2D eigenvalue weighted by molar-refractivity contribution is -0.121. The number of amides is 2. The fourth-order valence-corrected chi connectivity index (χ4v) is 4.19. The molecule has 2 unspecified atom stereocenters. The largest absolute Gasteiger partial charge is 0.372 e. The third-order valence-corrected chi connectivity index (χ3v) is 5.59. The first kappa shape index (κ1) is 20.6. The third kappa shape index (κ3) is 3.61. The molecule has 0 aromatic heterocycles. The van der Waals surface area contributed by atoms with Crippen LogP contribution in [0.2, 0.25) is 5.02 Å². The normalized spacial score (nSPS) is 22.3. The topological polar surface area (TPSA) is 49.9 Å². The summed E-state index contributed by atoms with van der Waals surface area (Å²) in [6.45, 7) is 6.82. The van der Waals surface area contributed by atoms with Crippen LogP contribution in [0.5, 0.6) is 0 Å². The number of carbonyl (C=O) groups is 2. The molecule has 4 rings (SSSR count). The van der Waals surface area contributed by atoms with Crippen LogP contribution >= 0.6 is 11.6 Å². The molecule has 2 atom stereocenters. The number of nitrogens with zero attached hydrogens (tertiary/aromatic N) is 2. The van der Waals surface area contributed by atoms with E-state index < -0.39 is 17.6 Å². The number of anilines is 1. The highest BCUT2D eigenvalue weighted by Gasteiger charge is 2.44. The summed E-state index contributed by atoms with van der Waals surface area (Å²) in [7, 11) is 0. The van der Waals surface area contributed by atoms with Gasteiger partial charge in [0, 0.05) is 13.1 Å². The van der Waals surface area contributed by atoms with Crippen LogP contribution < -0.4 is 4.90 Å². The van der Waals surface area contributed by atoms with Crippen molar-refractivity contribution >= 4 is 34.7 Å². The average molecular weight is 429 g/mol. The molecule has 2 heterocycles. The second-order valence-corrected chi connectivity index (χ2v) is 8.20. The minimum Gasteiger partial charge on any atom is -0.372 e. The van der Waals surface area contributed by atoms with Gasteiger partial charge in [-0.3, -0.25) is 9.59 Å². The van der Waals surface area contributed by atoms with Crippen molar-refractivity contribution in [2.24, 2.45) is 0 Å². The zero-order valence-corrected chi connectivity index (χ0v) is 17.7. The summed E-state index contributed by atoms with van der Waals surface area (Å²) in [5.74, 6) is -1.50. The molecule has 0 spiro atoms. The number of hydrogen-bond acceptors (Lipinski definition) is 4. The van der Waals surface area contributed by atoms with E-state index in [0.717, 1.165) is 16.5 Å². The van der Waals surface area contributed by atoms with Crippen molar-refractivity contribution in [3.63, 3.8) is 0 Å². The summed E-state index contributed by atoms with van der Waals surface area (Å²) < 4.78 is 19.5. The lowest BCUT2D eigenvalue weighted by atomic mass is 10.0. The van der Waals surface area contributed by atoms with E-state index >= 15 is 0 Å². The van der Waals surface area contributed by atoms with Gasteiger partial charge in [-0.2, -0.15) is 0 Å². The van der Waals surface area contributed by atoms with Crippen molar-refractivity contribution in [1.82, 2.24) is 4.90 Å². The van der Waals surface area contributed by atoms with E-state index in [9.17, 15) is 14.0 Å². The second kappa shape index (κ2) is 7.85. The van der Waals surface area contributed by atoms with Gasteiger partial charge in [0.05, 0.1) is 28.5 Å². The first-order chi connectivity index (χ1) is 14.3. The quantitative estimate of drug-likeness (QED) is 0.688. The van der Waals surface area contributed by atoms with Crippen LogP contribution in [0.15, 0.2) is 48.2 Å². The summed E-state index contributed by atoms with van der Waals surface area (Å²) in [6, 6.07) is 11.3. The predicted molar refractivity (Wildman–Crippen MR) is 114 cm³/mol. The molecular formula is C23H22ClFN2O3. The maximum Gasteiger partial charge on any atom is 0.282 e. The van der Waals surface area contributed by atoms with E-state index in [1.54, 1.807) is 0 Å². The van der Waals surface area contributed by atoms with E-state index in [2.05, 4.69) is 0 Å². The molecule has 0 bridgehead atoms. The molecule has 0 saturated carbocycles. The van der Waals surface area contributed by atoms with Gasteiger partial charge in [0.2, 0.25) is 0 Å². The van der Waals surface area contributed by atoms with Gasteiger partial charge in [0.1, 0.15) is 11.5 Å². The smallest absolute Gasteiger partial charge is 0.282 e. The number of imide groups is 1. The maximum absolute atomic E-state index is 13.7. The van der Waals surface area contributed by atoms with Crippen molar-refractivity contribution in [1.29, 1.82) is 0 Å². The van der Waals surface area contributed by atoms with Crippen LogP contribution in [0.1, 0.15) is 25.0 Å². The van der Waals surface area contributed by atoms with Gasteiger partial charge < -0.3 is 9.64 Å². The molecule has 1 fully saturated rings. The van der Waals surface area contributed by atoms with Crippen molar-refractivity contribution < 1.29 is 18.7 Å². The molecule has 0 aliphatic carbocycles. The van der Waals surface area contributed by atoms with Crippen molar-refractivity contribution in [2.45, 2.75) is 33.0 Å². The van der Waals surface area contributed by atoms with Crippen LogP contribution in [-0.4, -0.2) is 42.0 Å². The molecule has 2 aromatic carbocycles. The zero-order valence-electron chi connectivity index (χ0n) is 17.0. The first-order valence-corrected chi connectivity index (χ1v) is 10.2. The monoisotopic (exact) mass is 428 g/mol. The highest BCUT2D eigenvalue weighted by Crippen LogP contribution is 2.37. The molecule has 2 amide bonds. The van der Waals surface area contributed by atoms with E-state index in [1.165, 1.54) is 12.1 Å². The second-order valence-electron chi connectivity index (χ2n) is 7.80. The van der Waals surface area contributed by atoms with Gasteiger partial charge in [-0.1, -0.05) is 41.4 Å². The molecule has 7 heteroatoms. The highest BCUT2D eigenvalue weighted by atomic mass is 35.5. The number of benzene rings is 2. The van der Waals surface area contributed by atoms with Crippen molar-refractivity contribution in [3.05, 3.63) is 70.1 Å². The number of hydrogen-bond donors (Lipinski definition) is 0. The molecule has 1 saturated heterocycles. The molecule has 30 heavy (non-hydrogen) atoms. The molecule has 2 aliphatic rings. The SMILES string of the molecule is Cc1ccc(C2=C(N3CC(C)OC(C)C3)C(=O)N(c3ccc(F)c(Cl)c3)C2=O)cc1. The molecule has 2 aromatic rings. The van der Waals surface area contributed by atoms with Crippen molar-refractivity contribution in [3.8, 4) is 0 Å². The van der Waals surface area contributed by atoms with Crippen molar-refractivity contribution in [2.75, 3.05) is 18.0 Å². The molecule has 0 N–H and O–H groups in total. The number of morpholine rings is 1. The standard InChI is InChI=1S/C23H22ClFN2O3/c1-13-4-6-16(7-5-13)20-21(26-11-14(2)30-15(3)12-26)23(29)27(22(20)28)17-8-9-19(25)18(24)10-17/h4-10,14-15H,11-12H2,1-3H3. The Labute approximate surface area is 179 Å². The fourth-order valence-electron chi connectivity index (χ4n) is 4.01. The highest BCUT2D eigenvalue weighted by molar-refractivity contribution is 6.45. The summed E-state index contributed by atoms with van der Waals surface area (Å²) in [5.41, 5.74) is 2.63. The van der Waals surface area contributed by atoms with Gasteiger partial charge in [0.15, 0.2) is 0 Å². The fraction of sp³-hybridized carbons (Fsp3) is 0.304. The number of ether oxygens (including phenoxy) is 1. The van der Waals surface area contributed by atoms with Crippen LogP contribution in [0.25, 0.3) is 5.57 Å². The van der Waals surface area contributed by atoms with Crippen LogP contribution in [0.4, 0.5) is 10.1 Å². The van der Waals surface area contributed by atoms with Gasteiger partial charge >= 0.3 is 0 Å². The summed E-state index contributed by atoms with van der Waals surface area (Å²) >= 11 is 5.92. The van der Waals surface area contributed by atoms with Crippen LogP contribution in [0.3, 0.4) is 0 Å². The number of carbonyl (C=O) groups excluding carboxylic acids is 2. The summed E-state index contributed by atoms with van der Waals surface area (Å²) in [6.07, 6.45) is -0.171. The lowest BCUT2D eigenvalue weighted by Gasteiger charge is -2.37. The summed E-state index contributed by atoms with van der Waals surface area (Å²) in [4.78, 5) is 30.0. The molecular weight excluding hydrogens is 407 g/mol. The Morgan fingerprint density at radius 3 is 2.23 bits per heavy atom. The first-order valence-electron chi connectivity index (χ1n) is 9.82. The maximum atomic E-state index is 13.7. The van der Waals surface area contributed by atoms with E-state index in [1.807, 2.05) is 49.9 Å². The Morgan fingerprint density at radius 2 is 1.63 bits per heavy atom. The van der Waals surface area contributed by atoms with Crippen LogP contribution in [-0.2, 0) is 14.3 Å². The Hall–Kier alpha value is -2.70. The van der Waals surface area contributed by atoms with Gasteiger partial charge in [-0.25, -0.2) is 9.29 Å². The van der Waals surface area contributed by atoms with Gasteiger partial charge in [-0.15, -0.1) is 0 Å². The Balaban J connectivity index is 1.84. The van der Waals surface area contributed by atoms with Gasteiger partial charge in [0.25, 0.3) is 11.8 Å². The molecule has 156 valence electrons. The van der Waals surface area contributed by atoms with E-state index in [4.69, 9.17) is 16.3 Å². The Morgan fingerprint density at radius 1 is 1.00 bits per heavy atom. The van der Waals surface area contributed by atoms with E-state index in [0.29, 0.717) is 29.9 Å². The number of rotatable bonds is 3. The minimum atomic E-state index is -0.609. The molecule has 0 radical (unpaired) electrons. The number of halogens is 2. The summed E-state index contributed by atoms with van der Waals surface area (Å²) in [5, 5.41) is -0.146. The molecule has 2 aliphatic heterocycles.